The van der Waals surface area contributed by atoms with Crippen LogP contribution >= 0.6 is 0 Å². The van der Waals surface area contributed by atoms with Gasteiger partial charge in [0.25, 0.3) is 0 Å². The Morgan fingerprint density at radius 3 is 2.17 bits per heavy atom. The Labute approximate surface area is 104 Å². The summed E-state index contributed by atoms with van der Waals surface area (Å²) in [6.45, 7) is 2.03. The number of rotatable bonds is 2. The van der Waals surface area contributed by atoms with Gasteiger partial charge in [0.2, 0.25) is 5.95 Å². The van der Waals surface area contributed by atoms with E-state index < -0.39 is 5.95 Å². The third kappa shape index (κ3) is 1.61. The molecule has 92 valence electrons. The van der Waals surface area contributed by atoms with Crippen molar-refractivity contribution in [2.75, 3.05) is 0 Å². The van der Waals surface area contributed by atoms with Crippen molar-refractivity contribution >= 4 is 0 Å². The molecule has 1 saturated heterocycles. The van der Waals surface area contributed by atoms with Crippen LogP contribution in [0.1, 0.15) is 18.1 Å². The Balaban J connectivity index is 2.06. The van der Waals surface area contributed by atoms with Crippen LogP contribution in [0, 0.1) is 11.8 Å². The molecule has 0 radical (unpaired) electrons. The van der Waals surface area contributed by atoms with Gasteiger partial charge >= 0.3 is 0 Å². The van der Waals surface area contributed by atoms with Crippen LogP contribution in [0.15, 0.2) is 42.6 Å². The van der Waals surface area contributed by atoms with Crippen molar-refractivity contribution in [3.8, 4) is 0 Å². The highest BCUT2D eigenvalue weighted by Crippen LogP contribution is 2.43. The van der Waals surface area contributed by atoms with E-state index in [9.17, 15) is 8.78 Å². The standard InChI is InChI=1S/C14H12F2N2/c1-9-14(18-9,10-2-5-12(15)6-3-10)11-4-7-13(16)17-8-11/h2-9,18H,1H3/t9-,14?/m0/s1. The molecule has 0 aliphatic carbocycles. The second-order valence-corrected chi connectivity index (χ2v) is 4.55. The van der Waals surface area contributed by atoms with Crippen molar-refractivity contribution in [3.63, 3.8) is 0 Å². The topological polar surface area (TPSA) is 34.8 Å². The lowest BCUT2D eigenvalue weighted by atomic mass is 9.89. The lowest BCUT2D eigenvalue weighted by molar-refractivity contribution is 0.580. The van der Waals surface area contributed by atoms with Gasteiger partial charge in [0.05, 0.1) is 5.54 Å². The predicted octanol–water partition coefficient (Wildman–Crippen LogP) is 2.60. The third-order valence-corrected chi connectivity index (χ3v) is 3.49. The van der Waals surface area contributed by atoms with Gasteiger partial charge in [-0.25, -0.2) is 9.37 Å². The molecule has 1 N–H and O–H groups in total. The molecule has 0 amide bonds. The van der Waals surface area contributed by atoms with E-state index in [0.717, 1.165) is 11.1 Å². The van der Waals surface area contributed by atoms with Crippen LogP contribution in [0.3, 0.4) is 0 Å². The number of hydrogen-bond acceptors (Lipinski definition) is 2. The fraction of sp³-hybridized carbons (Fsp3) is 0.214. The Hall–Kier alpha value is -1.81. The number of nitrogens with zero attached hydrogens (tertiary/aromatic N) is 1. The van der Waals surface area contributed by atoms with Gasteiger partial charge in [-0.15, -0.1) is 0 Å². The average molecular weight is 246 g/mol. The summed E-state index contributed by atoms with van der Waals surface area (Å²) in [6.07, 6.45) is 1.52. The molecule has 2 atom stereocenters. The number of halogens is 2. The van der Waals surface area contributed by atoms with Gasteiger partial charge < -0.3 is 0 Å². The summed E-state index contributed by atoms with van der Waals surface area (Å²) in [5, 5.41) is 3.33. The zero-order valence-electron chi connectivity index (χ0n) is 9.82. The van der Waals surface area contributed by atoms with Crippen molar-refractivity contribution < 1.29 is 8.78 Å². The summed E-state index contributed by atoms with van der Waals surface area (Å²) in [6, 6.07) is 9.62. The van der Waals surface area contributed by atoms with E-state index in [0.29, 0.717) is 0 Å². The van der Waals surface area contributed by atoms with E-state index in [1.165, 1.54) is 24.4 Å². The molecule has 4 heteroatoms. The number of hydrogen-bond donors (Lipinski definition) is 1. The molecule has 1 aliphatic heterocycles. The van der Waals surface area contributed by atoms with Gasteiger partial charge in [-0.1, -0.05) is 18.2 Å². The quantitative estimate of drug-likeness (QED) is 0.653. The van der Waals surface area contributed by atoms with E-state index in [2.05, 4.69) is 10.3 Å². The highest BCUT2D eigenvalue weighted by Gasteiger charge is 2.53. The molecule has 0 spiro atoms. The molecule has 3 rings (SSSR count). The SMILES string of the molecule is C[C@@H]1NC1(c1ccc(F)cc1)c1ccc(F)nc1. The summed E-state index contributed by atoms with van der Waals surface area (Å²) in [5.41, 5.74) is 1.49. The summed E-state index contributed by atoms with van der Waals surface area (Å²) < 4.78 is 25.8. The third-order valence-electron chi connectivity index (χ3n) is 3.49. The molecule has 2 heterocycles. The molecule has 1 unspecified atom stereocenters. The average Bonchev–Trinajstić information content (AvgIpc) is 3.04. The molecular weight excluding hydrogens is 234 g/mol. The maximum Gasteiger partial charge on any atom is 0.212 e. The molecular formula is C14H12F2N2. The highest BCUT2D eigenvalue weighted by atomic mass is 19.1. The predicted molar refractivity (Wildman–Crippen MR) is 64.0 cm³/mol. The summed E-state index contributed by atoms with van der Waals surface area (Å²) >= 11 is 0. The van der Waals surface area contributed by atoms with Crippen LogP contribution < -0.4 is 5.32 Å². The van der Waals surface area contributed by atoms with Crippen LogP contribution in [0.25, 0.3) is 0 Å². The van der Waals surface area contributed by atoms with Crippen LogP contribution in [0.5, 0.6) is 0 Å². The fourth-order valence-corrected chi connectivity index (χ4v) is 2.46. The summed E-state index contributed by atoms with van der Waals surface area (Å²) in [4.78, 5) is 3.68. The Bertz CT molecular complexity index is 518. The van der Waals surface area contributed by atoms with Gasteiger partial charge in [0, 0.05) is 12.2 Å². The van der Waals surface area contributed by atoms with E-state index in [1.807, 2.05) is 6.92 Å². The lowest BCUT2D eigenvalue weighted by Gasteiger charge is -2.15. The Morgan fingerprint density at radius 1 is 1.06 bits per heavy atom. The van der Waals surface area contributed by atoms with Crippen molar-refractivity contribution in [3.05, 3.63) is 65.5 Å². The van der Waals surface area contributed by atoms with Gasteiger partial charge in [0.15, 0.2) is 0 Å². The molecule has 2 nitrogen and oxygen atoms in total. The van der Waals surface area contributed by atoms with Gasteiger partial charge in [-0.2, -0.15) is 4.39 Å². The van der Waals surface area contributed by atoms with Crippen LogP contribution in [0.4, 0.5) is 8.78 Å². The highest BCUT2D eigenvalue weighted by molar-refractivity contribution is 5.46. The number of benzene rings is 1. The van der Waals surface area contributed by atoms with Crippen molar-refractivity contribution in [1.29, 1.82) is 0 Å². The van der Waals surface area contributed by atoms with E-state index in [1.54, 1.807) is 18.2 Å². The zero-order chi connectivity index (χ0) is 12.8. The number of aromatic nitrogens is 1. The van der Waals surface area contributed by atoms with Crippen LogP contribution in [-0.4, -0.2) is 11.0 Å². The fourth-order valence-electron chi connectivity index (χ4n) is 2.46. The maximum atomic E-state index is 13.0. The minimum atomic E-state index is -0.499. The molecule has 1 aromatic heterocycles. The first-order chi connectivity index (χ1) is 8.63. The largest absolute Gasteiger partial charge is 0.297 e. The van der Waals surface area contributed by atoms with Crippen molar-refractivity contribution in [2.45, 2.75) is 18.5 Å². The molecule has 1 aromatic carbocycles. The first-order valence-electron chi connectivity index (χ1n) is 5.79. The monoisotopic (exact) mass is 246 g/mol. The molecule has 2 aromatic rings. The lowest BCUT2D eigenvalue weighted by Crippen LogP contribution is -2.16. The molecule has 18 heavy (non-hydrogen) atoms. The minimum Gasteiger partial charge on any atom is -0.297 e. The normalized spacial score (nSPS) is 26.1. The van der Waals surface area contributed by atoms with Crippen molar-refractivity contribution in [1.82, 2.24) is 10.3 Å². The smallest absolute Gasteiger partial charge is 0.212 e. The summed E-state index contributed by atoms with van der Waals surface area (Å²) in [7, 11) is 0. The van der Waals surface area contributed by atoms with E-state index in [-0.39, 0.29) is 17.4 Å². The maximum absolute atomic E-state index is 13.0. The van der Waals surface area contributed by atoms with Gasteiger partial charge in [-0.3, -0.25) is 5.32 Å². The zero-order valence-corrected chi connectivity index (χ0v) is 9.82. The van der Waals surface area contributed by atoms with Crippen LogP contribution in [0.2, 0.25) is 0 Å². The summed E-state index contributed by atoms with van der Waals surface area (Å²) in [5.74, 6) is -0.763. The molecule has 1 fully saturated rings. The Morgan fingerprint density at radius 2 is 1.67 bits per heavy atom. The first-order valence-corrected chi connectivity index (χ1v) is 5.79. The van der Waals surface area contributed by atoms with E-state index in [4.69, 9.17) is 0 Å². The van der Waals surface area contributed by atoms with Gasteiger partial charge in [0.1, 0.15) is 5.82 Å². The second kappa shape index (κ2) is 3.85. The minimum absolute atomic E-state index is 0.218. The number of pyridine rings is 1. The molecule has 0 saturated carbocycles. The second-order valence-electron chi connectivity index (χ2n) is 4.55. The van der Waals surface area contributed by atoms with Crippen LogP contribution in [-0.2, 0) is 5.54 Å². The van der Waals surface area contributed by atoms with Crippen molar-refractivity contribution in [2.24, 2.45) is 0 Å². The molecule has 0 bridgehead atoms. The van der Waals surface area contributed by atoms with Gasteiger partial charge in [-0.05, 0) is 36.2 Å². The van der Waals surface area contributed by atoms with E-state index >= 15 is 0 Å². The molecule has 1 aliphatic rings. The first kappa shape index (κ1) is 11.3. The number of nitrogens with one attached hydrogen (secondary N) is 1. The Kier molecular flexibility index (Phi) is 2.41.